The standard InChI is InChI=1S/C56H76N16O11S2/c1-30(47(59)76)65-48(77)37(15-9-21-62-55(60)61)68-53(82)43-16-10-22-72(43)54(83)42-29-84-85-56(19-7-2-8-20-56)26-46(75)66-39(23-31-27-63-35-13-5-3-11-33(31)35)50(79)69-40(24-32-28-64-36-14-6-4-12-34(32)36)51(80)67-38(17-18-44(57)73)49(78)70-41(25-45(58)74)52(81)71-42/h3-6,11-14,27-28,30,37-43,63-64H,2,7-10,15-26,29H2,1H3,(H2,57,73)(H2,58,74)(H2,59,76)(H,65,77)(H,66,75)(H,67,80)(H,68,82)(H,69,79)(H,70,78)(H,71,81)(H4,60,61,62)/t30-,37-,38-,39+,40+,41+,42+,43-/m1/s1. The second-order valence-electron chi connectivity index (χ2n) is 21.8. The second kappa shape index (κ2) is 30.0. The number of carbonyl (C=O) groups excluding carboxylic acids is 11. The van der Waals surface area contributed by atoms with Crippen molar-refractivity contribution in [2.75, 3.05) is 18.8 Å². The van der Waals surface area contributed by atoms with Crippen molar-refractivity contribution < 1.29 is 52.7 Å². The van der Waals surface area contributed by atoms with Gasteiger partial charge in [0.25, 0.3) is 0 Å². The quantitative estimate of drug-likeness (QED) is 0.0232. The highest BCUT2D eigenvalue weighted by Crippen LogP contribution is 2.48. The lowest BCUT2D eigenvalue weighted by Gasteiger charge is -2.37. The van der Waals surface area contributed by atoms with Crippen molar-refractivity contribution in [1.82, 2.24) is 52.1 Å². The summed E-state index contributed by atoms with van der Waals surface area (Å²) in [6.45, 7) is 1.50. The summed E-state index contributed by atoms with van der Waals surface area (Å²) < 4.78 is -0.758. The van der Waals surface area contributed by atoms with E-state index in [1.54, 1.807) is 18.5 Å². The number of aliphatic imine (C=N–C) groups is 1. The molecule has 19 N–H and O–H groups in total. The van der Waals surface area contributed by atoms with E-state index in [-0.39, 0.29) is 63.3 Å². The van der Waals surface area contributed by atoms with Gasteiger partial charge in [-0.2, -0.15) is 0 Å². The Kier molecular flexibility index (Phi) is 22.6. The smallest absolute Gasteiger partial charge is 0.246 e. The summed E-state index contributed by atoms with van der Waals surface area (Å²) in [6.07, 6.45) is 5.74. The van der Waals surface area contributed by atoms with Crippen LogP contribution in [0.1, 0.15) is 102 Å². The van der Waals surface area contributed by atoms with Crippen molar-refractivity contribution in [3.63, 3.8) is 0 Å². The lowest BCUT2D eigenvalue weighted by Crippen LogP contribution is -2.61. The third-order valence-electron chi connectivity index (χ3n) is 15.4. The maximum Gasteiger partial charge on any atom is 0.246 e. The third kappa shape index (κ3) is 17.8. The zero-order valence-corrected chi connectivity index (χ0v) is 48.8. The largest absolute Gasteiger partial charge is 0.370 e. The van der Waals surface area contributed by atoms with Crippen LogP contribution in [-0.4, -0.2) is 158 Å². The number of nitrogens with one attached hydrogen (secondary N) is 9. The number of rotatable bonds is 19. The van der Waals surface area contributed by atoms with Crippen LogP contribution in [0.2, 0.25) is 0 Å². The van der Waals surface area contributed by atoms with Gasteiger partial charge in [0.15, 0.2) is 5.96 Å². The molecule has 2 aliphatic heterocycles. The third-order valence-corrected chi connectivity index (χ3v) is 18.7. The average Bonchev–Trinajstić information content (AvgIpc) is 4.33. The van der Waals surface area contributed by atoms with Crippen LogP contribution in [0.25, 0.3) is 21.8 Å². The molecule has 2 aromatic heterocycles. The van der Waals surface area contributed by atoms with Crippen molar-refractivity contribution >= 4 is 114 Å². The van der Waals surface area contributed by atoms with Gasteiger partial charge in [0.2, 0.25) is 65.0 Å². The fourth-order valence-electron chi connectivity index (χ4n) is 10.9. The Morgan fingerprint density at radius 3 is 1.88 bits per heavy atom. The van der Waals surface area contributed by atoms with E-state index in [0.29, 0.717) is 30.4 Å². The summed E-state index contributed by atoms with van der Waals surface area (Å²) in [4.78, 5) is 165. The molecule has 7 rings (SSSR count). The zero-order valence-electron chi connectivity index (χ0n) is 47.2. The van der Waals surface area contributed by atoms with Crippen LogP contribution in [0.5, 0.6) is 0 Å². The minimum absolute atomic E-state index is 0.0103. The van der Waals surface area contributed by atoms with E-state index in [2.05, 4.69) is 52.2 Å². The number of hydrogen-bond acceptors (Lipinski definition) is 14. The van der Waals surface area contributed by atoms with E-state index in [4.69, 9.17) is 28.7 Å². The molecule has 1 spiro atoms. The molecule has 2 aromatic carbocycles. The van der Waals surface area contributed by atoms with Crippen LogP contribution < -0.4 is 65.9 Å². The number of amides is 11. The number of aromatic nitrogens is 2. The number of para-hydroxylation sites is 2. The van der Waals surface area contributed by atoms with Gasteiger partial charge < -0.3 is 80.8 Å². The summed E-state index contributed by atoms with van der Waals surface area (Å²) >= 11 is 0. The SMILES string of the molecule is C[C@@H](NC(=O)[C@@H](CCCN=C(N)N)NC(=O)[C@H]1CCCN1C(=O)[C@@H]1CSSC2(CCCCC2)CC(=O)N[C@@H](Cc2c[nH]c3ccccc23)C(=O)N[C@@H](Cc2c[nH]c3ccccc23)C(=O)N[C@H](CCC(N)=O)C(=O)N[C@@H](CC(N)=O)C(=O)N1)C(N)=O. The molecule has 27 nitrogen and oxygen atoms in total. The Bertz CT molecular complexity index is 3160. The van der Waals surface area contributed by atoms with Gasteiger partial charge in [-0.3, -0.25) is 57.7 Å². The average molecular weight is 1210 g/mol. The van der Waals surface area contributed by atoms with Gasteiger partial charge in [0.1, 0.15) is 48.3 Å². The Labute approximate surface area is 497 Å². The molecule has 0 bridgehead atoms. The number of fused-ring (bicyclic) bond motifs is 2. The summed E-state index contributed by atoms with van der Waals surface area (Å²) in [5, 5.41) is 20.4. The molecule has 1 aliphatic carbocycles. The van der Waals surface area contributed by atoms with Crippen LogP contribution in [0.15, 0.2) is 65.9 Å². The Morgan fingerprint density at radius 2 is 1.28 bits per heavy atom. The van der Waals surface area contributed by atoms with Crippen molar-refractivity contribution in [2.24, 2.45) is 33.7 Å². The van der Waals surface area contributed by atoms with Gasteiger partial charge in [-0.05, 0) is 75.1 Å². The fourth-order valence-corrected chi connectivity index (χ4v) is 14.2. The molecular formula is C56H76N16O11S2. The van der Waals surface area contributed by atoms with Gasteiger partial charge in [0, 0.05) is 83.5 Å². The first-order chi connectivity index (χ1) is 40.6. The van der Waals surface area contributed by atoms with Gasteiger partial charge in [-0.1, -0.05) is 77.2 Å². The molecule has 8 atom stereocenters. The van der Waals surface area contributed by atoms with Gasteiger partial charge >= 0.3 is 0 Å². The van der Waals surface area contributed by atoms with E-state index >= 15 is 4.79 Å². The van der Waals surface area contributed by atoms with Crippen LogP contribution >= 0.6 is 21.6 Å². The van der Waals surface area contributed by atoms with Crippen molar-refractivity contribution in [2.45, 2.75) is 156 Å². The summed E-state index contributed by atoms with van der Waals surface area (Å²) in [5.74, 6) is -9.49. The highest BCUT2D eigenvalue weighted by Gasteiger charge is 2.43. The molecule has 0 radical (unpaired) electrons. The Hall–Kier alpha value is -8.34. The highest BCUT2D eigenvalue weighted by atomic mass is 33.1. The molecule has 11 amide bonds. The maximum absolute atomic E-state index is 15.1. The molecule has 0 unspecified atom stereocenters. The number of H-pyrrole nitrogens is 2. The lowest BCUT2D eigenvalue weighted by molar-refractivity contribution is -0.142. The second-order valence-corrected chi connectivity index (χ2v) is 24.6. The van der Waals surface area contributed by atoms with Crippen molar-refractivity contribution in [1.29, 1.82) is 0 Å². The monoisotopic (exact) mass is 1210 g/mol. The molecule has 4 heterocycles. The number of hydrogen-bond donors (Lipinski definition) is 14. The molecule has 85 heavy (non-hydrogen) atoms. The maximum atomic E-state index is 15.1. The van der Waals surface area contributed by atoms with Gasteiger partial charge in [-0.15, -0.1) is 0 Å². The first kappa shape index (κ1) is 64.2. The number of benzene rings is 2. The van der Waals surface area contributed by atoms with E-state index in [0.717, 1.165) is 41.1 Å². The normalized spacial score (nSPS) is 22.6. The Morgan fingerprint density at radius 1 is 0.706 bits per heavy atom. The first-order valence-electron chi connectivity index (χ1n) is 28.3. The fraction of sp³-hybridized carbons (Fsp3) is 0.500. The minimum atomic E-state index is -1.78. The van der Waals surface area contributed by atoms with Crippen LogP contribution in [-0.2, 0) is 65.6 Å². The zero-order chi connectivity index (χ0) is 61.4. The van der Waals surface area contributed by atoms with Crippen LogP contribution in [0.3, 0.4) is 0 Å². The minimum Gasteiger partial charge on any atom is -0.370 e. The molecule has 3 aliphatic rings. The van der Waals surface area contributed by atoms with E-state index in [1.165, 1.54) is 33.4 Å². The predicted octanol–water partition coefficient (Wildman–Crippen LogP) is -0.993. The highest BCUT2D eigenvalue weighted by molar-refractivity contribution is 8.77. The number of primary amides is 3. The van der Waals surface area contributed by atoms with Crippen molar-refractivity contribution in [3.8, 4) is 0 Å². The van der Waals surface area contributed by atoms with Crippen LogP contribution in [0.4, 0.5) is 0 Å². The summed E-state index contributed by atoms with van der Waals surface area (Å²) in [5.41, 5.74) is 30.4. The Balaban J connectivity index is 1.24. The molecule has 3 fully saturated rings. The number of nitrogens with zero attached hydrogens (tertiary/aromatic N) is 2. The number of likely N-dealkylation sites (tertiary alicyclic amines) is 1. The molecular weight excluding hydrogens is 1140 g/mol. The first-order valence-corrected chi connectivity index (χ1v) is 30.7. The number of guanidine groups is 1. The molecule has 4 aromatic rings. The molecule has 29 heteroatoms. The molecule has 458 valence electrons. The molecule has 1 saturated carbocycles. The summed E-state index contributed by atoms with van der Waals surface area (Å²) in [7, 11) is 2.53. The van der Waals surface area contributed by atoms with E-state index in [9.17, 15) is 47.9 Å². The van der Waals surface area contributed by atoms with Crippen molar-refractivity contribution in [3.05, 3.63) is 72.1 Å². The van der Waals surface area contributed by atoms with Gasteiger partial charge in [-0.25, -0.2) is 0 Å². The molecule has 2 saturated heterocycles. The summed E-state index contributed by atoms with van der Waals surface area (Å²) in [6, 6.07) is 3.63. The van der Waals surface area contributed by atoms with Crippen LogP contribution in [0, 0.1) is 0 Å². The predicted molar refractivity (Wildman–Crippen MR) is 320 cm³/mol. The lowest BCUT2D eigenvalue weighted by atomic mass is 9.85. The topological polar surface area (TPSA) is 449 Å². The van der Waals surface area contributed by atoms with Gasteiger partial charge in [0.05, 0.1) is 6.42 Å². The van der Waals surface area contributed by atoms with E-state index < -0.39 is 137 Å². The number of nitrogens with two attached hydrogens (primary N) is 5. The van der Waals surface area contributed by atoms with E-state index in [1.807, 2.05) is 42.5 Å². The number of aromatic amines is 2. The number of carbonyl (C=O) groups is 11.